The van der Waals surface area contributed by atoms with Gasteiger partial charge in [-0.05, 0) is 60.5 Å². The number of hydrogen-bond donors (Lipinski definition) is 2. The van der Waals surface area contributed by atoms with E-state index in [0.717, 1.165) is 35.7 Å². The number of unbranched alkanes of at least 4 members (excludes halogenated alkanes) is 2. The van der Waals surface area contributed by atoms with Crippen LogP contribution in [-0.2, 0) is 0 Å². The maximum atomic E-state index is 12.0. The molecule has 3 aromatic rings. The van der Waals surface area contributed by atoms with Crippen LogP contribution in [0.5, 0.6) is 11.5 Å². The average molecular weight is 406 g/mol. The lowest BCUT2D eigenvalue weighted by Gasteiger charge is -2.06. The van der Waals surface area contributed by atoms with Crippen LogP contribution in [0, 0.1) is 0 Å². The molecule has 2 aromatic carbocycles. The molecule has 0 saturated heterocycles. The van der Waals surface area contributed by atoms with Crippen molar-refractivity contribution in [1.29, 1.82) is 0 Å². The molecule has 0 unspecified atom stereocenters. The molecule has 0 amide bonds. The summed E-state index contributed by atoms with van der Waals surface area (Å²) in [6.07, 6.45) is 5.06. The Kier molecular flexibility index (Phi) is 7.60. The molecule has 2 N–H and O–H groups in total. The first-order valence-corrected chi connectivity index (χ1v) is 9.95. The van der Waals surface area contributed by atoms with Gasteiger partial charge in [-0.2, -0.15) is 5.10 Å². The molecule has 1 aromatic heterocycles. The van der Waals surface area contributed by atoms with Crippen molar-refractivity contribution in [2.45, 2.75) is 26.2 Å². The normalized spacial score (nSPS) is 10.9. The van der Waals surface area contributed by atoms with E-state index in [-0.39, 0.29) is 11.5 Å². The molecule has 1 heterocycles. The standard InChI is InChI=1S/C23H26N4O3/c1-3-4-5-14-30-20-10-6-17(7-11-20)16-24-27-23-25-21(15-22(28)26-23)18-8-12-19(29-2)13-9-18/h6-13,15-16H,3-5,14H2,1-2H3,(H2,25,26,27,28)/b24-16-. The van der Waals surface area contributed by atoms with Crippen molar-refractivity contribution < 1.29 is 9.47 Å². The van der Waals surface area contributed by atoms with Crippen LogP contribution in [0.3, 0.4) is 0 Å². The molecular weight excluding hydrogens is 380 g/mol. The van der Waals surface area contributed by atoms with E-state index in [4.69, 9.17) is 9.47 Å². The van der Waals surface area contributed by atoms with Gasteiger partial charge >= 0.3 is 0 Å². The highest BCUT2D eigenvalue weighted by Crippen LogP contribution is 2.20. The number of aromatic nitrogens is 2. The SMILES string of the molecule is CCCCCOc1ccc(/C=N\Nc2nc(-c3ccc(OC)cc3)cc(=O)[nH]2)cc1. The summed E-state index contributed by atoms with van der Waals surface area (Å²) in [4.78, 5) is 19.0. The van der Waals surface area contributed by atoms with Gasteiger partial charge in [0, 0.05) is 11.6 Å². The molecule has 0 bridgehead atoms. The minimum Gasteiger partial charge on any atom is -0.497 e. The molecule has 0 aliphatic carbocycles. The topological polar surface area (TPSA) is 88.6 Å². The van der Waals surface area contributed by atoms with Crippen LogP contribution in [0.2, 0.25) is 0 Å². The molecule has 3 rings (SSSR count). The molecule has 0 aliphatic heterocycles. The van der Waals surface area contributed by atoms with Crippen molar-refractivity contribution in [1.82, 2.24) is 9.97 Å². The summed E-state index contributed by atoms with van der Waals surface area (Å²) in [6, 6.07) is 16.4. The highest BCUT2D eigenvalue weighted by molar-refractivity contribution is 5.80. The van der Waals surface area contributed by atoms with Crippen molar-refractivity contribution >= 4 is 12.2 Å². The summed E-state index contributed by atoms with van der Waals surface area (Å²) in [5.74, 6) is 1.85. The van der Waals surface area contributed by atoms with Gasteiger partial charge in [0.15, 0.2) is 0 Å². The molecule has 7 heteroatoms. The average Bonchev–Trinajstić information content (AvgIpc) is 2.77. The number of nitrogens with one attached hydrogen (secondary N) is 2. The maximum Gasteiger partial charge on any atom is 0.252 e. The van der Waals surface area contributed by atoms with Gasteiger partial charge < -0.3 is 9.47 Å². The van der Waals surface area contributed by atoms with E-state index >= 15 is 0 Å². The molecule has 0 aliphatic rings. The molecule has 0 atom stereocenters. The molecule has 0 spiro atoms. The number of aromatic amines is 1. The first kappa shape index (κ1) is 21.1. The van der Waals surface area contributed by atoms with Crippen LogP contribution in [0.1, 0.15) is 31.7 Å². The number of nitrogens with zero attached hydrogens (tertiary/aromatic N) is 2. The van der Waals surface area contributed by atoms with Crippen LogP contribution >= 0.6 is 0 Å². The fourth-order valence-electron chi connectivity index (χ4n) is 2.78. The predicted octanol–water partition coefficient (Wildman–Crippen LogP) is 4.46. The summed E-state index contributed by atoms with van der Waals surface area (Å²) in [5.41, 5.74) is 4.76. The van der Waals surface area contributed by atoms with E-state index in [0.29, 0.717) is 5.69 Å². The number of hydrogen-bond acceptors (Lipinski definition) is 6. The summed E-state index contributed by atoms with van der Waals surface area (Å²) in [6.45, 7) is 2.90. The smallest absolute Gasteiger partial charge is 0.252 e. The summed E-state index contributed by atoms with van der Waals surface area (Å²) in [7, 11) is 1.61. The van der Waals surface area contributed by atoms with Crippen LogP contribution in [0.4, 0.5) is 5.95 Å². The van der Waals surface area contributed by atoms with Crippen LogP contribution in [-0.4, -0.2) is 29.9 Å². The summed E-state index contributed by atoms with van der Waals surface area (Å²) < 4.78 is 10.9. The first-order chi connectivity index (χ1) is 14.7. The Labute approximate surface area is 175 Å². The lowest BCUT2D eigenvalue weighted by molar-refractivity contribution is 0.306. The molecule has 156 valence electrons. The Hall–Kier alpha value is -3.61. The number of H-pyrrole nitrogens is 1. The molecule has 0 fully saturated rings. The van der Waals surface area contributed by atoms with Crippen molar-refractivity contribution in [3.63, 3.8) is 0 Å². The van der Waals surface area contributed by atoms with Gasteiger partial charge in [0.05, 0.1) is 25.6 Å². The largest absolute Gasteiger partial charge is 0.497 e. The van der Waals surface area contributed by atoms with E-state index < -0.39 is 0 Å². The fourth-order valence-corrected chi connectivity index (χ4v) is 2.78. The zero-order chi connectivity index (χ0) is 21.2. The van der Waals surface area contributed by atoms with Crippen LogP contribution in [0.25, 0.3) is 11.3 Å². The Morgan fingerprint density at radius 3 is 2.50 bits per heavy atom. The minimum absolute atomic E-state index is 0.264. The second-order valence-electron chi connectivity index (χ2n) is 6.70. The maximum absolute atomic E-state index is 12.0. The van der Waals surface area contributed by atoms with Gasteiger partial charge in [-0.3, -0.25) is 9.78 Å². The summed E-state index contributed by atoms with van der Waals surface area (Å²) >= 11 is 0. The Morgan fingerprint density at radius 1 is 1.07 bits per heavy atom. The molecule has 0 radical (unpaired) electrons. The van der Waals surface area contributed by atoms with E-state index in [1.54, 1.807) is 13.3 Å². The quantitative estimate of drug-likeness (QED) is 0.295. The zero-order valence-corrected chi connectivity index (χ0v) is 17.2. The number of rotatable bonds is 10. The number of anilines is 1. The molecular formula is C23H26N4O3. The Morgan fingerprint density at radius 2 is 1.80 bits per heavy atom. The van der Waals surface area contributed by atoms with Crippen molar-refractivity contribution in [3.05, 3.63) is 70.5 Å². The van der Waals surface area contributed by atoms with Crippen molar-refractivity contribution in [3.8, 4) is 22.8 Å². The zero-order valence-electron chi connectivity index (χ0n) is 17.2. The number of methoxy groups -OCH3 is 1. The van der Waals surface area contributed by atoms with E-state index in [2.05, 4.69) is 27.4 Å². The van der Waals surface area contributed by atoms with Crippen LogP contribution < -0.4 is 20.5 Å². The second kappa shape index (κ2) is 10.8. The lowest BCUT2D eigenvalue weighted by atomic mass is 10.1. The fraction of sp³-hybridized carbons (Fsp3) is 0.261. The van der Waals surface area contributed by atoms with Crippen molar-refractivity contribution in [2.24, 2.45) is 5.10 Å². The number of hydrazone groups is 1. The van der Waals surface area contributed by atoms with Gasteiger partial charge in [-0.15, -0.1) is 0 Å². The van der Waals surface area contributed by atoms with E-state index in [1.807, 2.05) is 48.5 Å². The first-order valence-electron chi connectivity index (χ1n) is 9.95. The van der Waals surface area contributed by atoms with Gasteiger partial charge in [0.1, 0.15) is 11.5 Å². The lowest BCUT2D eigenvalue weighted by Crippen LogP contribution is -2.10. The molecule has 30 heavy (non-hydrogen) atoms. The van der Waals surface area contributed by atoms with Gasteiger partial charge in [0.25, 0.3) is 5.56 Å². The third kappa shape index (κ3) is 6.20. The van der Waals surface area contributed by atoms with E-state index in [9.17, 15) is 4.79 Å². The third-order valence-electron chi connectivity index (χ3n) is 4.41. The predicted molar refractivity (Wildman–Crippen MR) is 120 cm³/mol. The van der Waals surface area contributed by atoms with E-state index in [1.165, 1.54) is 18.9 Å². The monoisotopic (exact) mass is 406 g/mol. The Balaban J connectivity index is 1.61. The van der Waals surface area contributed by atoms with Gasteiger partial charge in [-0.1, -0.05) is 19.8 Å². The molecule has 0 saturated carbocycles. The molecule has 7 nitrogen and oxygen atoms in total. The highest BCUT2D eigenvalue weighted by atomic mass is 16.5. The minimum atomic E-state index is -0.266. The summed E-state index contributed by atoms with van der Waals surface area (Å²) in [5, 5.41) is 4.16. The van der Waals surface area contributed by atoms with Gasteiger partial charge in [-0.25, -0.2) is 10.4 Å². The van der Waals surface area contributed by atoms with Gasteiger partial charge in [0.2, 0.25) is 5.95 Å². The van der Waals surface area contributed by atoms with Crippen molar-refractivity contribution in [2.75, 3.05) is 19.1 Å². The number of ether oxygens (including phenoxy) is 2. The highest BCUT2D eigenvalue weighted by Gasteiger charge is 2.04. The third-order valence-corrected chi connectivity index (χ3v) is 4.41. The number of benzene rings is 2. The Bertz CT molecular complexity index is 1010. The van der Waals surface area contributed by atoms with Crippen LogP contribution in [0.15, 0.2) is 64.5 Å². The second-order valence-corrected chi connectivity index (χ2v) is 6.70.